The van der Waals surface area contributed by atoms with E-state index in [1.54, 1.807) is 10.9 Å². The van der Waals surface area contributed by atoms with Gasteiger partial charge in [0.15, 0.2) is 0 Å². The first kappa shape index (κ1) is 12.5. The van der Waals surface area contributed by atoms with Crippen LogP contribution in [0, 0.1) is 6.92 Å². The zero-order valence-electron chi connectivity index (χ0n) is 11.3. The average molecular weight is 245 g/mol. The van der Waals surface area contributed by atoms with Gasteiger partial charge >= 0.3 is 0 Å². The fourth-order valence-corrected chi connectivity index (χ4v) is 1.87. The standard InChI is InChI=1S/C14H19N3O/c1-9(2)18-13-6-5-11(7-10(13)3)12-8-16-17(4)14(12)15/h5-9H,15H2,1-4H3. The van der Waals surface area contributed by atoms with E-state index in [-0.39, 0.29) is 6.10 Å². The summed E-state index contributed by atoms with van der Waals surface area (Å²) in [6.45, 7) is 6.08. The van der Waals surface area contributed by atoms with Crippen LogP contribution in [-0.2, 0) is 7.05 Å². The van der Waals surface area contributed by atoms with Crippen LogP contribution in [0.15, 0.2) is 24.4 Å². The molecule has 0 spiro atoms. The minimum absolute atomic E-state index is 0.179. The molecule has 0 aliphatic heterocycles. The van der Waals surface area contributed by atoms with Gasteiger partial charge in [0, 0.05) is 12.6 Å². The Balaban J connectivity index is 2.37. The van der Waals surface area contributed by atoms with Gasteiger partial charge < -0.3 is 10.5 Å². The molecule has 1 heterocycles. The first-order valence-electron chi connectivity index (χ1n) is 6.04. The van der Waals surface area contributed by atoms with Crippen molar-refractivity contribution in [2.24, 2.45) is 7.05 Å². The van der Waals surface area contributed by atoms with Gasteiger partial charge in [-0.25, -0.2) is 0 Å². The molecule has 1 aromatic heterocycles. The minimum Gasteiger partial charge on any atom is -0.491 e. The van der Waals surface area contributed by atoms with Crippen LogP contribution in [0.2, 0.25) is 0 Å². The Kier molecular flexibility index (Phi) is 3.28. The maximum atomic E-state index is 5.97. The Labute approximate surface area is 107 Å². The molecule has 0 saturated carbocycles. The van der Waals surface area contributed by atoms with Gasteiger partial charge in [0.25, 0.3) is 0 Å². The third-order valence-corrected chi connectivity index (χ3v) is 2.83. The summed E-state index contributed by atoms with van der Waals surface area (Å²) in [5, 5.41) is 4.15. The predicted molar refractivity (Wildman–Crippen MR) is 73.6 cm³/mol. The molecule has 2 N–H and O–H groups in total. The number of rotatable bonds is 3. The third kappa shape index (κ3) is 2.32. The van der Waals surface area contributed by atoms with Crippen LogP contribution >= 0.6 is 0 Å². The van der Waals surface area contributed by atoms with Crippen molar-refractivity contribution in [2.75, 3.05) is 5.73 Å². The van der Waals surface area contributed by atoms with E-state index in [0.717, 1.165) is 22.4 Å². The molecule has 0 amide bonds. The summed E-state index contributed by atoms with van der Waals surface area (Å²) in [6, 6.07) is 6.07. The molecule has 0 atom stereocenters. The van der Waals surface area contributed by atoms with Crippen molar-refractivity contribution < 1.29 is 4.74 Å². The van der Waals surface area contributed by atoms with Crippen molar-refractivity contribution in [1.82, 2.24) is 9.78 Å². The van der Waals surface area contributed by atoms with Crippen molar-refractivity contribution in [3.8, 4) is 16.9 Å². The maximum Gasteiger partial charge on any atom is 0.129 e. The van der Waals surface area contributed by atoms with Crippen LogP contribution < -0.4 is 10.5 Å². The second-order valence-electron chi connectivity index (χ2n) is 4.71. The lowest BCUT2D eigenvalue weighted by atomic mass is 10.1. The van der Waals surface area contributed by atoms with Crippen molar-refractivity contribution in [3.63, 3.8) is 0 Å². The summed E-state index contributed by atoms with van der Waals surface area (Å²) in [5.74, 6) is 1.59. The summed E-state index contributed by atoms with van der Waals surface area (Å²) in [7, 11) is 1.84. The predicted octanol–water partition coefficient (Wildman–Crippen LogP) is 2.76. The minimum atomic E-state index is 0.179. The Hall–Kier alpha value is -1.97. The summed E-state index contributed by atoms with van der Waals surface area (Å²) >= 11 is 0. The van der Waals surface area contributed by atoms with Crippen LogP contribution in [0.25, 0.3) is 11.1 Å². The van der Waals surface area contributed by atoms with Gasteiger partial charge in [-0.2, -0.15) is 5.10 Å². The fraction of sp³-hybridized carbons (Fsp3) is 0.357. The quantitative estimate of drug-likeness (QED) is 0.904. The lowest BCUT2D eigenvalue weighted by Gasteiger charge is -2.13. The molecular formula is C14H19N3O. The van der Waals surface area contributed by atoms with E-state index in [1.807, 2.05) is 40.0 Å². The number of nitrogens with two attached hydrogens (primary N) is 1. The zero-order valence-corrected chi connectivity index (χ0v) is 11.3. The average Bonchev–Trinajstić information content (AvgIpc) is 2.62. The molecule has 4 heteroatoms. The Bertz CT molecular complexity index is 558. The molecule has 0 unspecified atom stereocenters. The summed E-state index contributed by atoms with van der Waals surface area (Å²) in [4.78, 5) is 0. The van der Waals surface area contributed by atoms with Crippen LogP contribution in [0.3, 0.4) is 0 Å². The van der Waals surface area contributed by atoms with E-state index in [9.17, 15) is 0 Å². The first-order chi connectivity index (χ1) is 8.49. The number of ether oxygens (including phenoxy) is 1. The Morgan fingerprint density at radius 3 is 2.56 bits per heavy atom. The van der Waals surface area contributed by atoms with Gasteiger partial charge in [-0.3, -0.25) is 4.68 Å². The number of nitrogens with zero attached hydrogens (tertiary/aromatic N) is 2. The molecule has 2 rings (SSSR count). The van der Waals surface area contributed by atoms with E-state index >= 15 is 0 Å². The molecular weight excluding hydrogens is 226 g/mol. The van der Waals surface area contributed by atoms with Crippen molar-refractivity contribution in [2.45, 2.75) is 26.9 Å². The lowest BCUT2D eigenvalue weighted by molar-refractivity contribution is 0.241. The molecule has 0 bridgehead atoms. The van der Waals surface area contributed by atoms with E-state index in [4.69, 9.17) is 10.5 Å². The first-order valence-corrected chi connectivity index (χ1v) is 6.04. The van der Waals surface area contributed by atoms with E-state index in [2.05, 4.69) is 11.2 Å². The Morgan fingerprint density at radius 2 is 2.06 bits per heavy atom. The van der Waals surface area contributed by atoms with Crippen molar-refractivity contribution >= 4 is 5.82 Å². The molecule has 18 heavy (non-hydrogen) atoms. The number of benzene rings is 1. The molecule has 0 saturated heterocycles. The van der Waals surface area contributed by atoms with Crippen LogP contribution in [0.4, 0.5) is 5.82 Å². The smallest absolute Gasteiger partial charge is 0.129 e. The molecule has 0 radical (unpaired) electrons. The fourth-order valence-electron chi connectivity index (χ4n) is 1.87. The second-order valence-corrected chi connectivity index (χ2v) is 4.71. The van der Waals surface area contributed by atoms with E-state index < -0.39 is 0 Å². The number of anilines is 1. The third-order valence-electron chi connectivity index (χ3n) is 2.83. The van der Waals surface area contributed by atoms with E-state index in [0.29, 0.717) is 5.82 Å². The molecule has 96 valence electrons. The monoisotopic (exact) mass is 245 g/mol. The zero-order chi connectivity index (χ0) is 13.3. The number of hydrogen-bond acceptors (Lipinski definition) is 3. The highest BCUT2D eigenvalue weighted by Gasteiger charge is 2.09. The van der Waals surface area contributed by atoms with Gasteiger partial charge in [0.05, 0.1) is 12.3 Å². The summed E-state index contributed by atoms with van der Waals surface area (Å²) < 4.78 is 7.39. The van der Waals surface area contributed by atoms with Crippen LogP contribution in [0.5, 0.6) is 5.75 Å². The number of aromatic nitrogens is 2. The molecule has 0 aliphatic rings. The normalized spacial score (nSPS) is 10.9. The highest BCUT2D eigenvalue weighted by molar-refractivity contribution is 5.74. The second kappa shape index (κ2) is 4.72. The van der Waals surface area contributed by atoms with Crippen LogP contribution in [0.1, 0.15) is 19.4 Å². The SMILES string of the molecule is Cc1cc(-c2cnn(C)c2N)ccc1OC(C)C. The van der Waals surface area contributed by atoms with Crippen molar-refractivity contribution in [3.05, 3.63) is 30.0 Å². The number of aryl methyl sites for hydroxylation is 2. The van der Waals surface area contributed by atoms with Gasteiger partial charge in [0.2, 0.25) is 0 Å². The topological polar surface area (TPSA) is 53.1 Å². The van der Waals surface area contributed by atoms with Crippen molar-refractivity contribution in [1.29, 1.82) is 0 Å². The van der Waals surface area contributed by atoms with Gasteiger partial charge in [0.1, 0.15) is 11.6 Å². The Morgan fingerprint density at radius 1 is 1.33 bits per heavy atom. The summed E-state index contributed by atoms with van der Waals surface area (Å²) in [5.41, 5.74) is 9.09. The van der Waals surface area contributed by atoms with Gasteiger partial charge in [-0.1, -0.05) is 6.07 Å². The highest BCUT2D eigenvalue weighted by atomic mass is 16.5. The molecule has 0 fully saturated rings. The number of hydrogen-bond donors (Lipinski definition) is 1. The lowest BCUT2D eigenvalue weighted by Crippen LogP contribution is -2.06. The molecule has 0 aliphatic carbocycles. The van der Waals surface area contributed by atoms with Gasteiger partial charge in [-0.15, -0.1) is 0 Å². The largest absolute Gasteiger partial charge is 0.491 e. The number of nitrogen functional groups attached to an aromatic ring is 1. The summed E-state index contributed by atoms with van der Waals surface area (Å²) in [6.07, 6.45) is 1.96. The van der Waals surface area contributed by atoms with E-state index in [1.165, 1.54) is 0 Å². The molecule has 1 aromatic carbocycles. The molecule has 4 nitrogen and oxygen atoms in total. The maximum absolute atomic E-state index is 5.97. The highest BCUT2D eigenvalue weighted by Crippen LogP contribution is 2.29. The molecule has 2 aromatic rings. The van der Waals surface area contributed by atoms with Crippen LogP contribution in [-0.4, -0.2) is 15.9 Å². The van der Waals surface area contributed by atoms with Gasteiger partial charge in [-0.05, 0) is 44.0 Å².